The maximum Gasteiger partial charge on any atom is 0.227 e. The minimum Gasteiger partial charge on any atom is -0.337 e. The van der Waals surface area contributed by atoms with Gasteiger partial charge < -0.3 is 4.90 Å². The predicted molar refractivity (Wildman–Crippen MR) is 81.9 cm³/mol. The van der Waals surface area contributed by atoms with E-state index >= 15 is 0 Å². The molecule has 0 atom stereocenters. The first-order valence-corrected chi connectivity index (χ1v) is 7.38. The van der Waals surface area contributed by atoms with Gasteiger partial charge in [-0.25, -0.2) is 9.97 Å². The molecule has 0 amide bonds. The second-order valence-corrected chi connectivity index (χ2v) is 5.36. The van der Waals surface area contributed by atoms with Gasteiger partial charge in [-0.3, -0.25) is 0 Å². The first-order valence-electron chi connectivity index (χ1n) is 7.38. The molecule has 2 aromatic rings. The zero-order chi connectivity index (χ0) is 14.7. The summed E-state index contributed by atoms with van der Waals surface area (Å²) in [6, 6.07) is 14.3. The second-order valence-electron chi connectivity index (χ2n) is 5.36. The van der Waals surface area contributed by atoms with Crippen LogP contribution in [0.15, 0.2) is 36.4 Å². The van der Waals surface area contributed by atoms with Gasteiger partial charge in [0.05, 0.1) is 5.69 Å². The van der Waals surface area contributed by atoms with Gasteiger partial charge in [-0.2, -0.15) is 5.26 Å². The Morgan fingerprint density at radius 2 is 2.00 bits per heavy atom. The fourth-order valence-corrected chi connectivity index (χ4v) is 2.37. The summed E-state index contributed by atoms with van der Waals surface area (Å²) in [5, 5.41) is 9.17. The van der Waals surface area contributed by atoms with Crippen LogP contribution in [0, 0.1) is 11.3 Å². The summed E-state index contributed by atoms with van der Waals surface area (Å²) in [4.78, 5) is 11.2. The Morgan fingerprint density at radius 1 is 1.24 bits per heavy atom. The summed E-state index contributed by atoms with van der Waals surface area (Å²) >= 11 is 0. The van der Waals surface area contributed by atoms with Gasteiger partial charge in [-0.1, -0.05) is 30.3 Å². The minimum atomic E-state index is 0.466. The van der Waals surface area contributed by atoms with Crippen LogP contribution in [0.3, 0.4) is 0 Å². The maximum absolute atomic E-state index is 9.17. The van der Waals surface area contributed by atoms with E-state index in [1.165, 1.54) is 18.4 Å². The lowest BCUT2D eigenvalue weighted by Crippen LogP contribution is -2.25. The molecule has 0 saturated heterocycles. The van der Waals surface area contributed by atoms with Crippen molar-refractivity contribution in [2.24, 2.45) is 0 Å². The number of aromatic nitrogens is 2. The molecule has 21 heavy (non-hydrogen) atoms. The molecule has 1 aliphatic carbocycles. The molecule has 1 aromatic carbocycles. The molecule has 1 aromatic heterocycles. The number of nitrogens with zero attached hydrogens (tertiary/aromatic N) is 4. The average Bonchev–Trinajstić information content (AvgIpc) is 3.38. The van der Waals surface area contributed by atoms with Crippen molar-refractivity contribution in [1.29, 1.82) is 5.26 Å². The molecule has 1 aliphatic rings. The van der Waals surface area contributed by atoms with E-state index in [1.54, 1.807) is 0 Å². The molecule has 0 spiro atoms. The van der Waals surface area contributed by atoms with Crippen LogP contribution in [-0.2, 0) is 6.54 Å². The van der Waals surface area contributed by atoms with Crippen molar-refractivity contribution in [3.8, 4) is 6.07 Å². The third kappa shape index (κ3) is 3.19. The Kier molecular flexibility index (Phi) is 3.83. The SMILES string of the molecule is CCN(Cc1ccccc1)c1nc(C#N)cc(C2CC2)n1. The Hall–Kier alpha value is -2.41. The Morgan fingerprint density at radius 3 is 2.62 bits per heavy atom. The first-order chi connectivity index (χ1) is 10.3. The van der Waals surface area contributed by atoms with Crippen LogP contribution in [0.25, 0.3) is 0 Å². The summed E-state index contributed by atoms with van der Waals surface area (Å²) in [5.41, 5.74) is 2.70. The minimum absolute atomic E-state index is 0.466. The normalized spacial score (nSPS) is 13.7. The third-order valence-electron chi connectivity index (χ3n) is 3.73. The van der Waals surface area contributed by atoms with Gasteiger partial charge in [0.2, 0.25) is 5.95 Å². The van der Waals surface area contributed by atoms with Gasteiger partial charge in [-0.15, -0.1) is 0 Å². The average molecular weight is 278 g/mol. The van der Waals surface area contributed by atoms with Crippen LogP contribution in [0.1, 0.15) is 42.6 Å². The van der Waals surface area contributed by atoms with Crippen molar-refractivity contribution in [3.05, 3.63) is 53.3 Å². The van der Waals surface area contributed by atoms with Crippen molar-refractivity contribution in [3.63, 3.8) is 0 Å². The van der Waals surface area contributed by atoms with E-state index in [2.05, 4.69) is 40.0 Å². The zero-order valence-corrected chi connectivity index (χ0v) is 12.2. The van der Waals surface area contributed by atoms with E-state index in [-0.39, 0.29) is 0 Å². The highest BCUT2D eigenvalue weighted by Crippen LogP contribution is 2.39. The zero-order valence-electron chi connectivity index (χ0n) is 12.2. The fraction of sp³-hybridized carbons (Fsp3) is 0.353. The molecule has 1 saturated carbocycles. The number of hydrogen-bond donors (Lipinski definition) is 0. The Labute approximate surface area is 125 Å². The van der Waals surface area contributed by atoms with E-state index in [9.17, 15) is 5.26 Å². The van der Waals surface area contributed by atoms with Crippen LogP contribution < -0.4 is 4.90 Å². The molecule has 0 N–H and O–H groups in total. The van der Waals surface area contributed by atoms with Gasteiger partial charge >= 0.3 is 0 Å². The largest absolute Gasteiger partial charge is 0.337 e. The molecular weight excluding hydrogens is 260 g/mol. The molecule has 0 aliphatic heterocycles. The highest BCUT2D eigenvalue weighted by atomic mass is 15.2. The maximum atomic E-state index is 9.17. The fourth-order valence-electron chi connectivity index (χ4n) is 2.37. The van der Waals surface area contributed by atoms with Crippen LogP contribution in [0.4, 0.5) is 5.95 Å². The number of benzene rings is 1. The summed E-state index contributed by atoms with van der Waals surface area (Å²) in [7, 11) is 0. The van der Waals surface area contributed by atoms with Gasteiger partial charge in [0.15, 0.2) is 0 Å². The van der Waals surface area contributed by atoms with E-state index in [0.717, 1.165) is 18.8 Å². The highest BCUT2D eigenvalue weighted by molar-refractivity contribution is 5.39. The quantitative estimate of drug-likeness (QED) is 0.842. The molecule has 1 heterocycles. The molecule has 4 heteroatoms. The molecule has 4 nitrogen and oxygen atoms in total. The van der Waals surface area contributed by atoms with Crippen LogP contribution in [0.5, 0.6) is 0 Å². The van der Waals surface area contributed by atoms with Crippen LogP contribution in [-0.4, -0.2) is 16.5 Å². The van der Waals surface area contributed by atoms with Gasteiger partial charge in [-0.05, 0) is 31.4 Å². The molecule has 3 rings (SSSR count). The summed E-state index contributed by atoms with van der Waals surface area (Å²) < 4.78 is 0. The number of nitriles is 1. The standard InChI is InChI=1S/C17H18N4/c1-2-21(12-13-6-4-3-5-7-13)17-19-15(11-18)10-16(20-17)14-8-9-14/h3-7,10,14H,2,8-9,12H2,1H3. The molecule has 1 fully saturated rings. The van der Waals surface area contributed by atoms with E-state index in [1.807, 2.05) is 24.3 Å². The molecular formula is C17H18N4. The highest BCUT2D eigenvalue weighted by Gasteiger charge is 2.26. The van der Waals surface area contributed by atoms with E-state index in [0.29, 0.717) is 17.6 Å². The molecule has 0 radical (unpaired) electrons. The molecule has 0 bridgehead atoms. The topological polar surface area (TPSA) is 52.8 Å². The molecule has 106 valence electrons. The summed E-state index contributed by atoms with van der Waals surface area (Å²) in [6.07, 6.45) is 2.35. The van der Waals surface area contributed by atoms with Crippen molar-refractivity contribution >= 4 is 5.95 Å². The molecule has 0 unspecified atom stereocenters. The smallest absolute Gasteiger partial charge is 0.227 e. The second kappa shape index (κ2) is 5.92. The van der Waals surface area contributed by atoms with E-state index in [4.69, 9.17) is 0 Å². The van der Waals surface area contributed by atoms with Gasteiger partial charge in [0, 0.05) is 19.0 Å². The van der Waals surface area contributed by atoms with E-state index < -0.39 is 0 Å². The lowest BCUT2D eigenvalue weighted by atomic mass is 10.2. The number of hydrogen-bond acceptors (Lipinski definition) is 4. The monoisotopic (exact) mass is 278 g/mol. The van der Waals surface area contributed by atoms with Crippen molar-refractivity contribution in [1.82, 2.24) is 9.97 Å². The van der Waals surface area contributed by atoms with Gasteiger partial charge in [0.1, 0.15) is 11.8 Å². The summed E-state index contributed by atoms with van der Waals surface area (Å²) in [6.45, 7) is 3.66. The van der Waals surface area contributed by atoms with Crippen molar-refractivity contribution < 1.29 is 0 Å². The predicted octanol–water partition coefficient (Wildman–Crippen LogP) is 3.25. The summed E-state index contributed by atoms with van der Waals surface area (Å²) in [5.74, 6) is 1.19. The van der Waals surface area contributed by atoms with Gasteiger partial charge in [0.25, 0.3) is 0 Å². The first kappa shape index (κ1) is 13.6. The van der Waals surface area contributed by atoms with Crippen molar-refractivity contribution in [2.45, 2.75) is 32.2 Å². The van der Waals surface area contributed by atoms with Crippen molar-refractivity contribution in [2.75, 3.05) is 11.4 Å². The third-order valence-corrected chi connectivity index (χ3v) is 3.73. The Balaban J connectivity index is 1.89. The lowest BCUT2D eigenvalue weighted by Gasteiger charge is -2.21. The van der Waals surface area contributed by atoms with Crippen LogP contribution in [0.2, 0.25) is 0 Å². The lowest BCUT2D eigenvalue weighted by molar-refractivity contribution is 0.780. The van der Waals surface area contributed by atoms with Crippen LogP contribution >= 0.6 is 0 Å². The number of rotatable bonds is 5. The number of anilines is 1. The Bertz CT molecular complexity index is 656.